The van der Waals surface area contributed by atoms with Crippen molar-refractivity contribution in [2.75, 3.05) is 13.6 Å². The number of hydrogen-bond donors (Lipinski definition) is 0. The van der Waals surface area contributed by atoms with Crippen LogP contribution in [0.4, 0.5) is 10.1 Å². The van der Waals surface area contributed by atoms with Crippen LogP contribution in [0.1, 0.15) is 36.6 Å². The Bertz CT molecular complexity index is 768. The smallest absolute Gasteiger partial charge is 0.279 e. The number of benzene rings is 1. The molecule has 1 heterocycles. The topological polar surface area (TPSA) is 37.7 Å². The lowest BCUT2D eigenvalue weighted by Gasteiger charge is -2.11. The molecule has 0 atom stereocenters. The molecule has 4 nitrogen and oxygen atoms in total. The van der Waals surface area contributed by atoms with Gasteiger partial charge in [-0.1, -0.05) is 11.3 Å². The lowest BCUT2D eigenvalue weighted by Crippen LogP contribution is -2.14. The van der Waals surface area contributed by atoms with Crippen LogP contribution in [-0.4, -0.2) is 29.8 Å². The van der Waals surface area contributed by atoms with Crippen molar-refractivity contribution in [2.24, 2.45) is 4.99 Å². The van der Waals surface area contributed by atoms with E-state index in [1.165, 1.54) is 11.3 Å². The second kappa shape index (κ2) is 6.51. The quantitative estimate of drug-likeness (QED) is 0.537. The van der Waals surface area contributed by atoms with Gasteiger partial charge in [-0.3, -0.25) is 0 Å². The molecule has 1 saturated carbocycles. The van der Waals surface area contributed by atoms with Gasteiger partial charge >= 0.3 is 0 Å². The maximum absolute atomic E-state index is 14.0. The van der Waals surface area contributed by atoms with E-state index >= 15 is 0 Å². The molecule has 0 unspecified atom stereocenters. The van der Waals surface area contributed by atoms with E-state index in [1.54, 1.807) is 5.38 Å². The van der Waals surface area contributed by atoms with E-state index in [-0.39, 0.29) is 0 Å². The SMILES string of the molecule is CCN(C)/C=N/c1cc(C)c(Oc2nc(C3(F)CC3)cs2)cc1C. The third kappa shape index (κ3) is 3.59. The van der Waals surface area contributed by atoms with Crippen LogP contribution in [0.2, 0.25) is 0 Å². The van der Waals surface area contributed by atoms with Gasteiger partial charge in [-0.05, 0) is 56.9 Å². The summed E-state index contributed by atoms with van der Waals surface area (Å²) in [6.45, 7) is 6.96. The number of hydrogen-bond acceptors (Lipinski definition) is 4. The third-order valence-corrected chi connectivity index (χ3v) is 4.93. The molecule has 0 aliphatic heterocycles. The van der Waals surface area contributed by atoms with Crippen LogP contribution in [0.15, 0.2) is 22.5 Å². The zero-order valence-electron chi connectivity index (χ0n) is 14.5. The fraction of sp³-hybridized carbons (Fsp3) is 0.444. The molecule has 1 fully saturated rings. The standard InChI is InChI=1S/C18H22FN3OS/c1-5-22(4)11-20-14-8-13(3)15(9-12(14)2)23-17-21-16(10-24-17)18(19)6-7-18/h8-11H,5-7H2,1-4H3/b20-11+. The molecular weight excluding hydrogens is 325 g/mol. The molecule has 0 bridgehead atoms. The zero-order chi connectivity index (χ0) is 17.3. The average Bonchev–Trinajstić information content (AvgIpc) is 3.12. The Morgan fingerprint density at radius 3 is 2.79 bits per heavy atom. The Balaban J connectivity index is 1.78. The monoisotopic (exact) mass is 347 g/mol. The zero-order valence-corrected chi connectivity index (χ0v) is 15.3. The number of alkyl halides is 1. The first-order chi connectivity index (χ1) is 11.4. The van der Waals surface area contributed by atoms with Gasteiger partial charge < -0.3 is 9.64 Å². The highest BCUT2D eigenvalue weighted by molar-refractivity contribution is 7.11. The predicted octanol–water partition coefficient (Wildman–Crippen LogP) is 5.12. The van der Waals surface area contributed by atoms with Crippen LogP contribution < -0.4 is 4.74 Å². The number of aliphatic imine (C=N–C) groups is 1. The van der Waals surface area contributed by atoms with E-state index in [2.05, 4.69) is 16.9 Å². The van der Waals surface area contributed by atoms with Crippen molar-refractivity contribution >= 4 is 23.4 Å². The van der Waals surface area contributed by atoms with Crippen molar-refractivity contribution < 1.29 is 9.13 Å². The number of aromatic nitrogens is 1. The van der Waals surface area contributed by atoms with Crippen LogP contribution in [0, 0.1) is 13.8 Å². The Hall–Kier alpha value is -1.95. The predicted molar refractivity (Wildman–Crippen MR) is 96.6 cm³/mol. The molecule has 1 aromatic heterocycles. The summed E-state index contributed by atoms with van der Waals surface area (Å²) in [4.78, 5) is 10.8. The molecule has 1 aromatic carbocycles. The molecule has 128 valence electrons. The summed E-state index contributed by atoms with van der Waals surface area (Å²) in [5, 5.41) is 2.24. The van der Waals surface area contributed by atoms with E-state index in [0.29, 0.717) is 23.7 Å². The first kappa shape index (κ1) is 16.9. The Kier molecular flexibility index (Phi) is 4.58. The lowest BCUT2D eigenvalue weighted by molar-refractivity contribution is 0.308. The maximum Gasteiger partial charge on any atom is 0.279 e. The Morgan fingerprint density at radius 2 is 2.12 bits per heavy atom. The van der Waals surface area contributed by atoms with Crippen molar-refractivity contribution in [1.82, 2.24) is 9.88 Å². The number of ether oxygens (including phenoxy) is 1. The van der Waals surface area contributed by atoms with Crippen molar-refractivity contribution in [3.63, 3.8) is 0 Å². The van der Waals surface area contributed by atoms with Crippen molar-refractivity contribution in [2.45, 2.75) is 39.3 Å². The van der Waals surface area contributed by atoms with Gasteiger partial charge in [0.2, 0.25) is 0 Å². The number of thiazole rings is 1. The Morgan fingerprint density at radius 1 is 1.38 bits per heavy atom. The summed E-state index contributed by atoms with van der Waals surface area (Å²) in [7, 11) is 1.99. The summed E-state index contributed by atoms with van der Waals surface area (Å²) in [6.07, 6.45) is 2.95. The van der Waals surface area contributed by atoms with Gasteiger partial charge in [0.1, 0.15) is 5.75 Å². The molecule has 0 amide bonds. The summed E-state index contributed by atoms with van der Waals surface area (Å²) >= 11 is 1.34. The summed E-state index contributed by atoms with van der Waals surface area (Å²) in [5.41, 5.74) is 2.20. The maximum atomic E-state index is 14.0. The second-order valence-corrected chi connectivity index (χ2v) is 7.11. The molecule has 24 heavy (non-hydrogen) atoms. The second-order valence-electron chi connectivity index (χ2n) is 6.29. The van der Waals surface area contributed by atoms with Gasteiger partial charge in [-0.25, -0.2) is 14.4 Å². The normalized spacial score (nSPS) is 15.7. The molecule has 2 aromatic rings. The highest BCUT2D eigenvalue weighted by atomic mass is 32.1. The van der Waals surface area contributed by atoms with Crippen molar-refractivity contribution in [3.8, 4) is 10.9 Å². The minimum absolute atomic E-state index is 0.485. The first-order valence-corrected chi connectivity index (χ1v) is 8.97. The fourth-order valence-corrected chi connectivity index (χ4v) is 3.00. The van der Waals surface area contributed by atoms with Crippen LogP contribution >= 0.6 is 11.3 Å². The molecule has 6 heteroatoms. The van der Waals surface area contributed by atoms with Gasteiger partial charge in [0.05, 0.1) is 17.7 Å². The molecule has 1 aliphatic rings. The molecule has 0 saturated heterocycles. The van der Waals surface area contributed by atoms with E-state index in [0.717, 1.165) is 29.1 Å². The van der Waals surface area contributed by atoms with E-state index in [9.17, 15) is 4.39 Å². The summed E-state index contributed by atoms with van der Waals surface area (Å²) < 4.78 is 19.9. The summed E-state index contributed by atoms with van der Waals surface area (Å²) in [6, 6.07) is 3.95. The minimum atomic E-state index is -1.22. The third-order valence-electron chi connectivity index (χ3n) is 4.21. The minimum Gasteiger partial charge on any atom is -0.431 e. The molecular formula is C18H22FN3OS. The highest BCUT2D eigenvalue weighted by Crippen LogP contribution is 2.50. The molecule has 3 rings (SSSR count). The Labute approximate surface area is 146 Å². The van der Waals surface area contributed by atoms with Crippen molar-refractivity contribution in [1.29, 1.82) is 0 Å². The van der Waals surface area contributed by atoms with E-state index < -0.39 is 5.67 Å². The van der Waals surface area contributed by atoms with Gasteiger partial charge in [0.15, 0.2) is 5.67 Å². The largest absolute Gasteiger partial charge is 0.431 e. The van der Waals surface area contributed by atoms with Crippen LogP contribution in [0.25, 0.3) is 0 Å². The highest BCUT2D eigenvalue weighted by Gasteiger charge is 2.47. The fourth-order valence-electron chi connectivity index (χ4n) is 2.24. The van der Waals surface area contributed by atoms with Gasteiger partial charge in [-0.2, -0.15) is 0 Å². The number of aryl methyl sites for hydroxylation is 2. The van der Waals surface area contributed by atoms with Gasteiger partial charge in [-0.15, -0.1) is 0 Å². The van der Waals surface area contributed by atoms with Gasteiger partial charge in [0, 0.05) is 19.0 Å². The number of nitrogens with zero attached hydrogens (tertiary/aromatic N) is 3. The van der Waals surface area contributed by atoms with Gasteiger partial charge in [0.25, 0.3) is 5.19 Å². The van der Waals surface area contributed by atoms with Crippen molar-refractivity contribution in [3.05, 3.63) is 34.3 Å². The molecule has 0 radical (unpaired) electrons. The van der Waals surface area contributed by atoms with E-state index in [1.807, 2.05) is 44.3 Å². The number of rotatable bonds is 6. The summed E-state index contributed by atoms with van der Waals surface area (Å²) in [5.74, 6) is 0.736. The lowest BCUT2D eigenvalue weighted by atomic mass is 10.1. The van der Waals surface area contributed by atoms with E-state index in [4.69, 9.17) is 4.74 Å². The number of halogens is 1. The van der Waals surface area contributed by atoms with Crippen LogP contribution in [0.3, 0.4) is 0 Å². The molecule has 0 spiro atoms. The van der Waals surface area contributed by atoms with Crippen LogP contribution in [-0.2, 0) is 5.67 Å². The average molecular weight is 347 g/mol. The first-order valence-electron chi connectivity index (χ1n) is 8.10. The molecule has 1 aliphatic carbocycles. The van der Waals surface area contributed by atoms with Crippen LogP contribution in [0.5, 0.6) is 10.9 Å². The molecule has 0 N–H and O–H groups in total.